The van der Waals surface area contributed by atoms with Gasteiger partial charge in [-0.05, 0) is 37.8 Å². The third-order valence-corrected chi connectivity index (χ3v) is 3.55. The molecule has 1 saturated heterocycles. The average molecular weight is 283 g/mol. The summed E-state index contributed by atoms with van der Waals surface area (Å²) in [6.07, 6.45) is 1.61. The lowest BCUT2D eigenvalue weighted by atomic mass is 10.00. The normalized spacial score (nSPS) is 18.9. The van der Waals surface area contributed by atoms with Gasteiger partial charge in [0.1, 0.15) is 23.2 Å². The fourth-order valence-electron chi connectivity index (χ4n) is 2.43. The van der Waals surface area contributed by atoms with E-state index in [-0.39, 0.29) is 12.1 Å². The van der Waals surface area contributed by atoms with E-state index in [2.05, 4.69) is 0 Å². The summed E-state index contributed by atoms with van der Waals surface area (Å²) in [5.41, 5.74) is -0.517. The molecule has 1 aromatic carbocycles. The van der Waals surface area contributed by atoms with Gasteiger partial charge in [-0.2, -0.15) is 0 Å². The lowest BCUT2D eigenvalue weighted by molar-refractivity contribution is -0.143. The van der Waals surface area contributed by atoms with E-state index in [0.29, 0.717) is 19.3 Å². The Morgan fingerprint density at radius 1 is 1.30 bits per heavy atom. The highest BCUT2D eigenvalue weighted by Gasteiger charge is 2.34. The molecular weight excluding hydrogens is 268 g/mol. The van der Waals surface area contributed by atoms with Crippen LogP contribution in [0.2, 0.25) is 0 Å². The van der Waals surface area contributed by atoms with Crippen molar-refractivity contribution in [1.82, 2.24) is 4.90 Å². The van der Waals surface area contributed by atoms with E-state index in [9.17, 15) is 18.4 Å². The number of carbonyl (C=O) groups is 2. The minimum atomic E-state index is -1.15. The predicted molar refractivity (Wildman–Crippen MR) is 67.4 cm³/mol. The third-order valence-electron chi connectivity index (χ3n) is 3.55. The molecule has 1 aromatic rings. The summed E-state index contributed by atoms with van der Waals surface area (Å²) < 4.78 is 27.7. The van der Waals surface area contributed by atoms with Crippen LogP contribution in [-0.4, -0.2) is 34.5 Å². The van der Waals surface area contributed by atoms with Gasteiger partial charge in [0.05, 0.1) is 0 Å². The van der Waals surface area contributed by atoms with Gasteiger partial charge >= 0.3 is 5.97 Å². The zero-order valence-electron chi connectivity index (χ0n) is 11.0. The van der Waals surface area contributed by atoms with Crippen molar-refractivity contribution in [3.63, 3.8) is 0 Å². The van der Waals surface area contributed by atoms with E-state index in [1.54, 1.807) is 0 Å². The van der Waals surface area contributed by atoms with Crippen molar-refractivity contribution in [2.45, 2.75) is 32.2 Å². The first-order valence-electron chi connectivity index (χ1n) is 6.42. The zero-order chi connectivity index (χ0) is 14.9. The van der Waals surface area contributed by atoms with Crippen LogP contribution >= 0.6 is 0 Å². The summed E-state index contributed by atoms with van der Waals surface area (Å²) in [5.74, 6) is -3.93. The van der Waals surface area contributed by atoms with Gasteiger partial charge in [-0.1, -0.05) is 6.07 Å². The Kier molecular flexibility index (Phi) is 4.01. The molecule has 6 heteroatoms. The van der Waals surface area contributed by atoms with Crippen LogP contribution in [0.25, 0.3) is 0 Å². The highest BCUT2D eigenvalue weighted by molar-refractivity contribution is 5.97. The van der Waals surface area contributed by atoms with Gasteiger partial charge in [-0.3, -0.25) is 4.79 Å². The molecule has 4 nitrogen and oxygen atoms in total. The predicted octanol–water partition coefficient (Wildman–Crippen LogP) is 2.35. The number of piperidine rings is 1. The number of aliphatic carboxylic acids is 1. The number of aryl methyl sites for hydroxylation is 1. The summed E-state index contributed by atoms with van der Waals surface area (Å²) >= 11 is 0. The maximum absolute atomic E-state index is 14.0. The molecule has 1 amide bonds. The Bertz CT molecular complexity index is 560. The quantitative estimate of drug-likeness (QED) is 0.906. The number of hydrogen-bond donors (Lipinski definition) is 1. The number of carbonyl (C=O) groups excluding carboxylic acids is 1. The monoisotopic (exact) mass is 283 g/mol. The van der Waals surface area contributed by atoms with Crippen LogP contribution in [0.3, 0.4) is 0 Å². The minimum Gasteiger partial charge on any atom is -0.480 e. The Morgan fingerprint density at radius 2 is 2.00 bits per heavy atom. The van der Waals surface area contributed by atoms with Crippen molar-refractivity contribution in [1.29, 1.82) is 0 Å². The van der Waals surface area contributed by atoms with Gasteiger partial charge in [-0.25, -0.2) is 13.6 Å². The molecule has 0 aromatic heterocycles. The lowest BCUT2D eigenvalue weighted by Gasteiger charge is -2.33. The van der Waals surface area contributed by atoms with E-state index >= 15 is 0 Å². The second-order valence-electron chi connectivity index (χ2n) is 4.90. The molecule has 0 unspecified atom stereocenters. The van der Waals surface area contributed by atoms with Crippen molar-refractivity contribution in [3.8, 4) is 0 Å². The Hall–Kier alpha value is -1.98. The number of carboxylic acid groups (broad SMARTS) is 1. The number of benzene rings is 1. The van der Waals surface area contributed by atoms with Gasteiger partial charge < -0.3 is 10.0 Å². The molecule has 0 radical (unpaired) electrons. The van der Waals surface area contributed by atoms with E-state index in [4.69, 9.17) is 5.11 Å². The van der Waals surface area contributed by atoms with Crippen LogP contribution in [0.4, 0.5) is 8.78 Å². The Labute approximate surface area is 115 Å². The van der Waals surface area contributed by atoms with Crippen molar-refractivity contribution >= 4 is 11.9 Å². The zero-order valence-corrected chi connectivity index (χ0v) is 11.0. The first-order valence-corrected chi connectivity index (χ1v) is 6.42. The molecule has 0 bridgehead atoms. The van der Waals surface area contributed by atoms with Crippen molar-refractivity contribution in [2.75, 3.05) is 6.54 Å². The number of hydrogen-bond acceptors (Lipinski definition) is 2. The van der Waals surface area contributed by atoms with Gasteiger partial charge in [-0.15, -0.1) is 0 Å². The number of likely N-dealkylation sites (tertiary alicyclic amines) is 1. The summed E-state index contributed by atoms with van der Waals surface area (Å²) in [6, 6.07) is 1.24. The summed E-state index contributed by atoms with van der Waals surface area (Å²) in [6.45, 7) is 1.62. The molecule has 2 rings (SSSR count). The number of carboxylic acids is 1. The van der Waals surface area contributed by atoms with E-state index < -0.39 is 35.1 Å². The molecule has 1 atom stereocenters. The number of halogens is 2. The highest BCUT2D eigenvalue weighted by Crippen LogP contribution is 2.24. The molecule has 1 fully saturated rings. The standard InChI is InChI=1S/C14H15F2NO3/c1-8-5-6-9(15)11(12(8)16)13(18)17-7-3-2-4-10(17)14(19)20/h5-6,10H,2-4,7H2,1H3,(H,19,20)/t10-/m0/s1. The van der Waals surface area contributed by atoms with Crippen LogP contribution < -0.4 is 0 Å². The van der Waals surface area contributed by atoms with Crippen LogP contribution in [0.15, 0.2) is 12.1 Å². The third kappa shape index (κ3) is 2.50. The molecule has 0 spiro atoms. The molecule has 108 valence electrons. The van der Waals surface area contributed by atoms with Crippen LogP contribution in [0.5, 0.6) is 0 Å². The molecule has 1 aliphatic rings. The molecule has 1 N–H and O–H groups in total. The van der Waals surface area contributed by atoms with Crippen LogP contribution in [0.1, 0.15) is 35.2 Å². The summed E-state index contributed by atoms with van der Waals surface area (Å²) in [7, 11) is 0. The lowest BCUT2D eigenvalue weighted by Crippen LogP contribution is -2.48. The van der Waals surface area contributed by atoms with Gasteiger partial charge in [0.15, 0.2) is 0 Å². The Balaban J connectivity index is 2.40. The number of nitrogens with zero attached hydrogens (tertiary/aromatic N) is 1. The fourth-order valence-corrected chi connectivity index (χ4v) is 2.43. The number of amides is 1. The minimum absolute atomic E-state index is 0.152. The first kappa shape index (κ1) is 14.4. The second kappa shape index (κ2) is 5.56. The molecule has 1 aliphatic heterocycles. The van der Waals surface area contributed by atoms with Gasteiger partial charge in [0.2, 0.25) is 0 Å². The van der Waals surface area contributed by atoms with Crippen molar-refractivity contribution in [3.05, 3.63) is 34.9 Å². The highest BCUT2D eigenvalue weighted by atomic mass is 19.1. The molecule has 20 heavy (non-hydrogen) atoms. The maximum Gasteiger partial charge on any atom is 0.326 e. The maximum atomic E-state index is 14.0. The van der Waals surface area contributed by atoms with Gasteiger partial charge in [0.25, 0.3) is 5.91 Å². The average Bonchev–Trinajstić information content (AvgIpc) is 2.43. The molecule has 0 aliphatic carbocycles. The topological polar surface area (TPSA) is 57.6 Å². The van der Waals surface area contributed by atoms with E-state index in [0.717, 1.165) is 11.0 Å². The van der Waals surface area contributed by atoms with Crippen molar-refractivity contribution < 1.29 is 23.5 Å². The molecule has 1 heterocycles. The van der Waals surface area contributed by atoms with E-state index in [1.165, 1.54) is 13.0 Å². The molecule has 0 saturated carbocycles. The first-order chi connectivity index (χ1) is 9.43. The SMILES string of the molecule is Cc1ccc(F)c(C(=O)N2CCCC[C@H]2C(=O)O)c1F. The second-order valence-corrected chi connectivity index (χ2v) is 4.90. The summed E-state index contributed by atoms with van der Waals surface area (Å²) in [5, 5.41) is 9.12. The molecular formula is C14H15F2NO3. The van der Waals surface area contributed by atoms with Gasteiger partial charge in [0, 0.05) is 6.54 Å². The fraction of sp³-hybridized carbons (Fsp3) is 0.429. The van der Waals surface area contributed by atoms with Crippen LogP contribution in [-0.2, 0) is 4.79 Å². The largest absolute Gasteiger partial charge is 0.480 e. The van der Waals surface area contributed by atoms with Crippen molar-refractivity contribution in [2.24, 2.45) is 0 Å². The smallest absolute Gasteiger partial charge is 0.326 e. The summed E-state index contributed by atoms with van der Waals surface area (Å²) in [4.78, 5) is 24.5. The number of rotatable bonds is 2. The van der Waals surface area contributed by atoms with E-state index in [1.807, 2.05) is 0 Å². The van der Waals surface area contributed by atoms with Crippen LogP contribution in [0, 0.1) is 18.6 Å². The Morgan fingerprint density at radius 3 is 2.65 bits per heavy atom.